The Morgan fingerprint density at radius 3 is 2.02 bits per heavy atom. The molecule has 0 radical (unpaired) electrons. The molecular weight excluding hydrogens is 683 g/mol. The number of hydrogen-bond acceptors (Lipinski definition) is 3. The molecule has 4 nitrogen and oxygen atoms in total. The predicted molar refractivity (Wildman–Crippen MR) is 232 cm³/mol. The second kappa shape index (κ2) is 11.4. The van der Waals surface area contributed by atoms with Gasteiger partial charge < -0.3 is 13.7 Å². The lowest BCUT2D eigenvalue weighted by molar-refractivity contribution is 0.623. The molecule has 0 saturated heterocycles. The van der Waals surface area contributed by atoms with Gasteiger partial charge in [0, 0.05) is 44.2 Å². The maximum absolute atomic E-state index is 6.77. The van der Waals surface area contributed by atoms with Gasteiger partial charge in [0.2, 0.25) is 5.89 Å². The zero-order chi connectivity index (χ0) is 37.1. The second-order valence-corrected chi connectivity index (χ2v) is 15.6. The minimum absolute atomic E-state index is 0.133. The van der Waals surface area contributed by atoms with Crippen LogP contribution in [0.25, 0.3) is 82.9 Å². The number of hydrogen-bond donors (Lipinski definition) is 0. The summed E-state index contributed by atoms with van der Waals surface area (Å²) in [6.45, 7) is 4.70. The van der Waals surface area contributed by atoms with Gasteiger partial charge in [-0.05, 0) is 100 Å². The lowest BCUT2D eigenvalue weighted by atomic mass is 9.82. The van der Waals surface area contributed by atoms with Gasteiger partial charge in [-0.3, -0.25) is 0 Å². The molecule has 0 amide bonds. The van der Waals surface area contributed by atoms with Crippen LogP contribution in [0.2, 0.25) is 0 Å². The monoisotopic (exact) mass is 717 g/mol. The maximum atomic E-state index is 6.77. The third-order valence-corrected chi connectivity index (χ3v) is 12.1. The van der Waals surface area contributed by atoms with Crippen molar-refractivity contribution in [2.75, 3.05) is 4.90 Å². The lowest BCUT2D eigenvalue weighted by Gasteiger charge is -2.28. The molecule has 0 saturated carbocycles. The Hall–Kier alpha value is -7.17. The van der Waals surface area contributed by atoms with Crippen LogP contribution in [0, 0.1) is 0 Å². The molecule has 0 bridgehead atoms. The number of anilines is 3. The van der Waals surface area contributed by atoms with Gasteiger partial charge >= 0.3 is 0 Å². The molecule has 1 aliphatic carbocycles. The van der Waals surface area contributed by atoms with Gasteiger partial charge in [0.25, 0.3) is 0 Å². The third-order valence-electron chi connectivity index (χ3n) is 12.1. The number of oxazole rings is 1. The molecule has 1 aliphatic rings. The highest BCUT2D eigenvalue weighted by atomic mass is 16.3. The molecule has 11 aromatic rings. The highest BCUT2D eigenvalue weighted by Gasteiger charge is 2.36. The van der Waals surface area contributed by atoms with Crippen LogP contribution in [0.3, 0.4) is 0 Å². The van der Waals surface area contributed by atoms with Crippen molar-refractivity contribution in [2.24, 2.45) is 0 Å². The molecule has 3 heterocycles. The Morgan fingerprint density at radius 1 is 0.500 bits per heavy atom. The molecule has 12 rings (SSSR count). The van der Waals surface area contributed by atoms with E-state index in [4.69, 9.17) is 9.40 Å². The van der Waals surface area contributed by atoms with Gasteiger partial charge in [-0.15, -0.1) is 0 Å². The van der Waals surface area contributed by atoms with Crippen molar-refractivity contribution >= 4 is 66.3 Å². The molecular formula is C52H35N3O. The Labute approximate surface area is 323 Å². The van der Waals surface area contributed by atoms with Crippen molar-refractivity contribution in [1.82, 2.24) is 9.38 Å². The molecule has 0 aliphatic heterocycles. The van der Waals surface area contributed by atoms with Crippen LogP contribution in [0.4, 0.5) is 17.1 Å². The Balaban J connectivity index is 1.14. The molecule has 0 atom stereocenters. The molecule has 0 N–H and O–H groups in total. The first-order valence-electron chi connectivity index (χ1n) is 19.3. The number of nitrogens with zero attached hydrogens (tertiary/aromatic N) is 3. The highest BCUT2D eigenvalue weighted by Crippen LogP contribution is 2.51. The summed E-state index contributed by atoms with van der Waals surface area (Å²) in [5.41, 5.74) is 17.0. The van der Waals surface area contributed by atoms with Crippen molar-refractivity contribution in [3.63, 3.8) is 0 Å². The van der Waals surface area contributed by atoms with E-state index in [0.29, 0.717) is 5.89 Å². The van der Waals surface area contributed by atoms with Crippen molar-refractivity contribution in [2.45, 2.75) is 19.3 Å². The normalized spacial score (nSPS) is 13.3. The van der Waals surface area contributed by atoms with Crippen LogP contribution >= 0.6 is 0 Å². The van der Waals surface area contributed by atoms with Crippen molar-refractivity contribution in [3.8, 4) is 33.7 Å². The van der Waals surface area contributed by atoms with Crippen LogP contribution in [0.5, 0.6) is 0 Å². The fourth-order valence-electron chi connectivity index (χ4n) is 9.51. The second-order valence-electron chi connectivity index (χ2n) is 15.6. The average Bonchev–Trinajstić information content (AvgIpc) is 3.98. The highest BCUT2D eigenvalue weighted by molar-refractivity contribution is 6.30. The molecule has 264 valence electrons. The number of aromatic nitrogens is 2. The van der Waals surface area contributed by atoms with Crippen LogP contribution < -0.4 is 4.90 Å². The van der Waals surface area contributed by atoms with Gasteiger partial charge in [0.15, 0.2) is 5.58 Å². The summed E-state index contributed by atoms with van der Waals surface area (Å²) in [5, 5.41) is 4.61. The van der Waals surface area contributed by atoms with E-state index in [1.165, 1.54) is 49.7 Å². The van der Waals surface area contributed by atoms with Gasteiger partial charge in [-0.2, -0.15) is 0 Å². The van der Waals surface area contributed by atoms with E-state index in [2.05, 4.69) is 181 Å². The van der Waals surface area contributed by atoms with E-state index in [-0.39, 0.29) is 5.41 Å². The summed E-state index contributed by atoms with van der Waals surface area (Å²) in [5.74, 6) is 0.631. The van der Waals surface area contributed by atoms with Crippen molar-refractivity contribution in [3.05, 3.63) is 187 Å². The molecule has 4 heteroatoms. The minimum atomic E-state index is -0.133. The van der Waals surface area contributed by atoms with Gasteiger partial charge in [-0.1, -0.05) is 123 Å². The Morgan fingerprint density at radius 2 is 1.16 bits per heavy atom. The first kappa shape index (κ1) is 31.2. The minimum Gasteiger partial charge on any atom is -0.435 e. The Kier molecular flexibility index (Phi) is 6.37. The number of benzene rings is 8. The summed E-state index contributed by atoms with van der Waals surface area (Å²) in [7, 11) is 0. The maximum Gasteiger partial charge on any atom is 0.227 e. The molecule has 56 heavy (non-hydrogen) atoms. The number of rotatable bonds is 5. The quantitative estimate of drug-likeness (QED) is 0.178. The van der Waals surface area contributed by atoms with Crippen LogP contribution in [-0.2, 0) is 5.41 Å². The molecule has 0 fully saturated rings. The molecule has 8 aromatic carbocycles. The predicted octanol–water partition coefficient (Wildman–Crippen LogP) is 14.1. The van der Waals surface area contributed by atoms with E-state index in [1.807, 2.05) is 18.2 Å². The zero-order valence-corrected chi connectivity index (χ0v) is 31.0. The van der Waals surface area contributed by atoms with Crippen LogP contribution in [0.1, 0.15) is 25.0 Å². The number of fused-ring (bicyclic) bond motifs is 11. The van der Waals surface area contributed by atoms with Gasteiger partial charge in [0.05, 0.1) is 21.9 Å². The van der Waals surface area contributed by atoms with Crippen molar-refractivity contribution < 1.29 is 4.42 Å². The first-order chi connectivity index (χ1) is 27.5. The Bertz CT molecular complexity index is 3340. The third kappa shape index (κ3) is 4.32. The summed E-state index contributed by atoms with van der Waals surface area (Å²) in [6, 6.07) is 63.5. The van der Waals surface area contributed by atoms with E-state index in [0.717, 1.165) is 55.5 Å². The molecule has 0 unspecified atom stereocenters. The standard InChI is InChI=1S/C52H35N3O/c1-52(2)43-22-11-9-20-38(43)39-26-24-37(30-44(39)52)54(35-19-13-18-34(28-35)32-14-5-3-6-15-32)36-25-27-47-42(29-36)48-49-41(40-21-10-12-23-46(40)55(47)49)31-45-50(48)56-51(53-45)33-16-7-4-8-17-33/h3-31H,1-2H3. The zero-order valence-electron chi connectivity index (χ0n) is 31.0. The average molecular weight is 718 g/mol. The summed E-state index contributed by atoms with van der Waals surface area (Å²) >= 11 is 0. The van der Waals surface area contributed by atoms with Gasteiger partial charge in [0.1, 0.15) is 5.52 Å². The fraction of sp³-hybridized carbons (Fsp3) is 0.0577. The molecule has 3 aromatic heterocycles. The first-order valence-corrected chi connectivity index (χ1v) is 19.3. The van der Waals surface area contributed by atoms with Gasteiger partial charge in [-0.25, -0.2) is 4.98 Å². The van der Waals surface area contributed by atoms with Crippen molar-refractivity contribution in [1.29, 1.82) is 0 Å². The SMILES string of the molecule is CC1(C)c2ccccc2-c2ccc(N(c3cccc(-c4ccccc4)c3)c3ccc4c(c3)c3c5oc(-c6ccccc6)nc5cc5c6ccccc6n4c53)cc21. The van der Waals surface area contributed by atoms with E-state index in [1.54, 1.807) is 0 Å². The largest absolute Gasteiger partial charge is 0.435 e. The topological polar surface area (TPSA) is 33.7 Å². The van der Waals surface area contributed by atoms with Crippen LogP contribution in [-0.4, -0.2) is 9.38 Å². The van der Waals surface area contributed by atoms with E-state index >= 15 is 0 Å². The fourth-order valence-corrected chi connectivity index (χ4v) is 9.51. The number of para-hydroxylation sites is 1. The van der Waals surface area contributed by atoms with E-state index in [9.17, 15) is 0 Å². The van der Waals surface area contributed by atoms with E-state index < -0.39 is 0 Å². The molecule has 0 spiro atoms. The smallest absolute Gasteiger partial charge is 0.227 e. The lowest BCUT2D eigenvalue weighted by Crippen LogP contribution is -2.16. The summed E-state index contributed by atoms with van der Waals surface area (Å²) in [4.78, 5) is 7.51. The summed E-state index contributed by atoms with van der Waals surface area (Å²) in [6.07, 6.45) is 0. The summed E-state index contributed by atoms with van der Waals surface area (Å²) < 4.78 is 9.19. The van der Waals surface area contributed by atoms with Crippen LogP contribution in [0.15, 0.2) is 180 Å².